The van der Waals surface area contributed by atoms with Gasteiger partial charge in [-0.05, 0) is 18.1 Å². The zero-order chi connectivity index (χ0) is 24.1. The van der Waals surface area contributed by atoms with Crippen molar-refractivity contribution in [3.63, 3.8) is 0 Å². The second kappa shape index (κ2) is 10.5. The highest BCUT2D eigenvalue weighted by atomic mass is 32.2. The zero-order valence-corrected chi connectivity index (χ0v) is 19.8. The Bertz CT molecular complexity index is 1340. The summed E-state index contributed by atoms with van der Waals surface area (Å²) in [5.41, 5.74) is 3.03. The molecule has 0 bridgehead atoms. The Balaban J connectivity index is 1.61. The van der Waals surface area contributed by atoms with E-state index in [0.717, 1.165) is 10.9 Å². The molecule has 0 aliphatic carbocycles. The van der Waals surface area contributed by atoms with Crippen LogP contribution in [0, 0.1) is 0 Å². The summed E-state index contributed by atoms with van der Waals surface area (Å²) in [6, 6.07) is 16.0. The number of hydrogen-bond acceptors (Lipinski definition) is 7. The number of carbonyl (C=O) groups is 2. The third-order valence-electron chi connectivity index (χ3n) is 5.43. The molecule has 2 unspecified atom stereocenters. The first-order valence-electron chi connectivity index (χ1n) is 10.9. The van der Waals surface area contributed by atoms with Gasteiger partial charge in [0.1, 0.15) is 5.52 Å². The van der Waals surface area contributed by atoms with Crippen LogP contribution in [0.1, 0.15) is 24.9 Å². The third-order valence-corrected chi connectivity index (χ3v) is 6.65. The molecule has 34 heavy (non-hydrogen) atoms. The molecule has 9 heteroatoms. The van der Waals surface area contributed by atoms with Crippen molar-refractivity contribution in [2.75, 3.05) is 7.11 Å². The molecule has 0 saturated heterocycles. The molecule has 8 nitrogen and oxygen atoms in total. The van der Waals surface area contributed by atoms with Crippen molar-refractivity contribution in [1.82, 2.24) is 25.1 Å². The molecule has 0 aliphatic rings. The summed E-state index contributed by atoms with van der Waals surface area (Å²) in [6.45, 7) is 6.32. The van der Waals surface area contributed by atoms with Crippen LogP contribution >= 0.6 is 11.8 Å². The van der Waals surface area contributed by atoms with Gasteiger partial charge in [-0.1, -0.05) is 73.3 Å². The van der Waals surface area contributed by atoms with Crippen molar-refractivity contribution < 1.29 is 14.3 Å². The van der Waals surface area contributed by atoms with Crippen molar-refractivity contribution in [2.45, 2.75) is 36.3 Å². The first kappa shape index (κ1) is 23.4. The Morgan fingerprint density at radius 2 is 1.88 bits per heavy atom. The van der Waals surface area contributed by atoms with E-state index < -0.39 is 17.3 Å². The molecule has 1 N–H and O–H groups in total. The molecule has 4 rings (SSSR count). The minimum Gasteiger partial charge on any atom is -0.467 e. The number of fused-ring (bicyclic) bond motifs is 3. The first-order chi connectivity index (χ1) is 16.6. The SMILES string of the molecule is C=CCn1c2ccccc2c2nnc(SC(CC)C(=O)NC(C(=O)OC)c3ccccc3)nc21. The molecule has 4 aromatic rings. The Morgan fingerprint density at radius 1 is 1.15 bits per heavy atom. The molecular formula is C25H25N5O3S. The van der Waals surface area contributed by atoms with Gasteiger partial charge in [0.05, 0.1) is 17.9 Å². The number of rotatable bonds is 9. The van der Waals surface area contributed by atoms with E-state index in [4.69, 9.17) is 9.72 Å². The first-order valence-corrected chi connectivity index (χ1v) is 11.8. The van der Waals surface area contributed by atoms with Crippen LogP contribution < -0.4 is 5.32 Å². The largest absolute Gasteiger partial charge is 0.467 e. The van der Waals surface area contributed by atoms with E-state index in [9.17, 15) is 9.59 Å². The van der Waals surface area contributed by atoms with Gasteiger partial charge >= 0.3 is 5.97 Å². The number of nitrogens with one attached hydrogen (secondary N) is 1. The van der Waals surface area contributed by atoms with Crippen LogP contribution in [-0.2, 0) is 20.9 Å². The van der Waals surface area contributed by atoms with E-state index in [1.807, 2.05) is 41.8 Å². The Kier molecular flexibility index (Phi) is 7.22. The fourth-order valence-corrected chi connectivity index (χ4v) is 4.60. The van der Waals surface area contributed by atoms with Crippen molar-refractivity contribution in [1.29, 1.82) is 0 Å². The van der Waals surface area contributed by atoms with Gasteiger partial charge in [0.2, 0.25) is 11.1 Å². The quantitative estimate of drug-likeness (QED) is 0.221. The molecule has 0 radical (unpaired) electrons. The number of ether oxygens (including phenoxy) is 1. The normalized spacial score (nSPS) is 12.9. The molecule has 0 saturated carbocycles. The minimum absolute atomic E-state index is 0.304. The Hall–Kier alpha value is -3.72. The molecule has 2 atom stereocenters. The molecule has 2 aromatic heterocycles. The summed E-state index contributed by atoms with van der Waals surface area (Å²) in [5, 5.41) is 12.3. The summed E-state index contributed by atoms with van der Waals surface area (Å²) in [6.07, 6.45) is 2.32. The van der Waals surface area contributed by atoms with Crippen LogP contribution in [0.5, 0.6) is 0 Å². The number of thioether (sulfide) groups is 1. The molecule has 0 spiro atoms. The van der Waals surface area contributed by atoms with E-state index in [-0.39, 0.29) is 5.91 Å². The monoisotopic (exact) mass is 475 g/mol. The number of nitrogens with zero attached hydrogens (tertiary/aromatic N) is 4. The van der Waals surface area contributed by atoms with Crippen LogP contribution in [0.25, 0.3) is 22.1 Å². The number of hydrogen-bond donors (Lipinski definition) is 1. The van der Waals surface area contributed by atoms with Crippen LogP contribution in [0.3, 0.4) is 0 Å². The number of carbonyl (C=O) groups excluding carboxylic acids is 2. The van der Waals surface area contributed by atoms with Crippen molar-refractivity contribution in [3.8, 4) is 0 Å². The maximum absolute atomic E-state index is 13.1. The molecular weight excluding hydrogens is 450 g/mol. The molecule has 1 amide bonds. The van der Waals surface area contributed by atoms with Crippen molar-refractivity contribution in [2.24, 2.45) is 0 Å². The number of amides is 1. The average molecular weight is 476 g/mol. The standard InChI is InChI=1S/C25H25N5O3S/c1-4-15-30-18-14-10-9-13-17(18)21-22(30)27-25(29-28-21)34-19(5-2)23(31)26-20(24(32)33-3)16-11-7-6-8-12-16/h4,6-14,19-20H,1,5,15H2,2-3H3,(H,26,31). The summed E-state index contributed by atoms with van der Waals surface area (Å²) < 4.78 is 6.93. The Labute approximate surface area is 201 Å². The fraction of sp³-hybridized carbons (Fsp3) is 0.240. The van der Waals surface area contributed by atoms with Gasteiger partial charge in [0, 0.05) is 11.9 Å². The maximum atomic E-state index is 13.1. The van der Waals surface area contributed by atoms with Gasteiger partial charge < -0.3 is 14.6 Å². The third kappa shape index (κ3) is 4.65. The number of benzene rings is 2. The lowest BCUT2D eigenvalue weighted by Crippen LogP contribution is -2.39. The lowest BCUT2D eigenvalue weighted by atomic mass is 10.1. The zero-order valence-electron chi connectivity index (χ0n) is 19.0. The molecule has 0 fully saturated rings. The summed E-state index contributed by atoms with van der Waals surface area (Å²) in [7, 11) is 1.30. The van der Waals surface area contributed by atoms with Gasteiger partial charge in [0.25, 0.3) is 0 Å². The van der Waals surface area contributed by atoms with E-state index in [1.165, 1.54) is 18.9 Å². The lowest BCUT2D eigenvalue weighted by molar-refractivity contribution is -0.145. The van der Waals surface area contributed by atoms with Gasteiger partial charge in [-0.2, -0.15) is 0 Å². The molecule has 0 aliphatic heterocycles. The van der Waals surface area contributed by atoms with Crippen molar-refractivity contribution >= 4 is 45.7 Å². The van der Waals surface area contributed by atoms with Gasteiger partial charge in [-0.25, -0.2) is 9.78 Å². The highest BCUT2D eigenvalue weighted by Crippen LogP contribution is 2.29. The summed E-state index contributed by atoms with van der Waals surface area (Å²) >= 11 is 1.22. The van der Waals surface area contributed by atoms with Crippen LogP contribution in [-0.4, -0.2) is 44.0 Å². The van der Waals surface area contributed by atoms with E-state index in [2.05, 4.69) is 22.1 Å². The van der Waals surface area contributed by atoms with Gasteiger partial charge in [0.15, 0.2) is 11.7 Å². The smallest absolute Gasteiger partial charge is 0.333 e. The molecule has 2 aromatic carbocycles. The number of methoxy groups -OCH3 is 1. The maximum Gasteiger partial charge on any atom is 0.333 e. The highest BCUT2D eigenvalue weighted by molar-refractivity contribution is 8.00. The minimum atomic E-state index is -0.898. The topological polar surface area (TPSA) is 99.0 Å². The molecule has 174 valence electrons. The summed E-state index contributed by atoms with van der Waals surface area (Å²) in [4.78, 5) is 30.2. The predicted molar refractivity (Wildman–Crippen MR) is 132 cm³/mol. The fourth-order valence-electron chi connectivity index (χ4n) is 3.78. The second-order valence-corrected chi connectivity index (χ2v) is 8.74. The van der Waals surface area contributed by atoms with Crippen molar-refractivity contribution in [3.05, 3.63) is 72.8 Å². The second-order valence-electron chi connectivity index (χ2n) is 7.57. The van der Waals surface area contributed by atoms with Gasteiger partial charge in [-0.3, -0.25) is 4.79 Å². The number of para-hydroxylation sites is 1. The average Bonchev–Trinajstić information content (AvgIpc) is 3.19. The lowest BCUT2D eigenvalue weighted by Gasteiger charge is -2.20. The van der Waals surface area contributed by atoms with Crippen LogP contribution in [0.4, 0.5) is 0 Å². The summed E-state index contributed by atoms with van der Waals surface area (Å²) in [5.74, 6) is -0.838. The number of esters is 1. The highest BCUT2D eigenvalue weighted by Gasteiger charge is 2.28. The Morgan fingerprint density at radius 3 is 2.59 bits per heavy atom. The van der Waals surface area contributed by atoms with Gasteiger partial charge in [-0.15, -0.1) is 16.8 Å². The van der Waals surface area contributed by atoms with E-state index in [0.29, 0.717) is 34.8 Å². The van der Waals surface area contributed by atoms with E-state index >= 15 is 0 Å². The van der Waals surface area contributed by atoms with Crippen LogP contribution in [0.15, 0.2) is 72.4 Å². The number of aromatic nitrogens is 4. The molecule has 2 heterocycles. The number of allylic oxidation sites excluding steroid dienone is 1. The van der Waals surface area contributed by atoms with E-state index in [1.54, 1.807) is 30.3 Å². The predicted octanol–water partition coefficient (Wildman–Crippen LogP) is 4.07. The van der Waals surface area contributed by atoms with Crippen LogP contribution in [0.2, 0.25) is 0 Å².